The molecule has 1 saturated carbocycles. The van der Waals surface area contributed by atoms with Crippen LogP contribution in [0.15, 0.2) is 35.5 Å². The van der Waals surface area contributed by atoms with Crippen LogP contribution in [0.4, 0.5) is 0 Å². The van der Waals surface area contributed by atoms with Gasteiger partial charge in [-0.3, -0.25) is 4.79 Å². The molecule has 0 unspecified atom stereocenters. The van der Waals surface area contributed by atoms with E-state index >= 15 is 0 Å². The van der Waals surface area contributed by atoms with E-state index in [0.717, 1.165) is 28.1 Å². The average Bonchev–Trinajstić information content (AvgIpc) is 3.28. The fraction of sp³-hybridized carbons (Fsp3) is 0.389. The highest BCUT2D eigenvalue weighted by molar-refractivity contribution is 7.98. The summed E-state index contributed by atoms with van der Waals surface area (Å²) in [6, 6.07) is 9.80. The summed E-state index contributed by atoms with van der Waals surface area (Å²) in [5.74, 6) is 2.11. The highest BCUT2D eigenvalue weighted by Crippen LogP contribution is 2.40. The Balaban J connectivity index is 1.33. The zero-order valence-electron chi connectivity index (χ0n) is 15.0. The summed E-state index contributed by atoms with van der Waals surface area (Å²) in [5.41, 5.74) is 1.05. The molecule has 1 aliphatic carbocycles. The summed E-state index contributed by atoms with van der Waals surface area (Å²) in [6.07, 6.45) is 2.42. The van der Waals surface area contributed by atoms with Gasteiger partial charge in [-0.05, 0) is 25.3 Å². The number of thioether (sulfide) groups is 1. The largest absolute Gasteiger partial charge is 0.346 e. The summed E-state index contributed by atoms with van der Waals surface area (Å²) >= 11 is 2.91. The van der Waals surface area contributed by atoms with Gasteiger partial charge in [-0.25, -0.2) is 0 Å². The Morgan fingerprint density at radius 1 is 1.22 bits per heavy atom. The predicted molar refractivity (Wildman–Crippen MR) is 105 cm³/mol. The van der Waals surface area contributed by atoms with Crippen molar-refractivity contribution in [3.8, 4) is 0 Å². The molecule has 2 heterocycles. The molecule has 1 fully saturated rings. The molecule has 27 heavy (non-hydrogen) atoms. The first-order valence-electron chi connectivity index (χ1n) is 8.95. The molecule has 2 aromatic heterocycles. The molecule has 7 nitrogen and oxygen atoms in total. The van der Waals surface area contributed by atoms with Crippen LogP contribution in [0, 0.1) is 0 Å². The molecule has 0 atom stereocenters. The van der Waals surface area contributed by atoms with Gasteiger partial charge in [0.2, 0.25) is 5.01 Å². The Hall–Kier alpha value is -2.26. The van der Waals surface area contributed by atoms with Crippen LogP contribution in [0.5, 0.6) is 0 Å². The van der Waals surface area contributed by atoms with Crippen LogP contribution in [-0.2, 0) is 18.8 Å². The zero-order valence-corrected chi connectivity index (χ0v) is 16.6. The van der Waals surface area contributed by atoms with Crippen LogP contribution >= 0.6 is 23.1 Å². The molecule has 1 aliphatic rings. The highest BCUT2D eigenvalue weighted by atomic mass is 32.2. The molecule has 0 spiro atoms. The van der Waals surface area contributed by atoms with Gasteiger partial charge >= 0.3 is 0 Å². The normalized spacial score (nSPS) is 13.7. The minimum absolute atomic E-state index is 0.194. The lowest BCUT2D eigenvalue weighted by molar-refractivity contribution is 0.0950. The summed E-state index contributed by atoms with van der Waals surface area (Å²) < 4.78 is 2.18. The molecule has 0 aliphatic heterocycles. The first kappa shape index (κ1) is 18.1. The van der Waals surface area contributed by atoms with Crippen molar-refractivity contribution in [1.29, 1.82) is 0 Å². The van der Waals surface area contributed by atoms with Crippen molar-refractivity contribution in [2.45, 2.75) is 49.7 Å². The smallest absolute Gasteiger partial charge is 0.282 e. The van der Waals surface area contributed by atoms with E-state index in [-0.39, 0.29) is 5.91 Å². The van der Waals surface area contributed by atoms with Gasteiger partial charge in [0.15, 0.2) is 5.16 Å². The summed E-state index contributed by atoms with van der Waals surface area (Å²) in [7, 11) is 0. The van der Waals surface area contributed by atoms with E-state index in [1.807, 2.05) is 30.3 Å². The molecular weight excluding hydrogens is 380 g/mol. The lowest BCUT2D eigenvalue weighted by Crippen LogP contribution is -2.22. The number of amides is 1. The molecule has 4 rings (SSSR count). The standard InChI is InChI=1S/C18H20N6OS2/c1-2-24-15(13-8-9-13)21-23-18(24)26-11-14-20-22-17(27-14)16(25)19-10-12-6-4-3-5-7-12/h3-7,13H,2,8-11H2,1H3,(H,19,25). The quantitative estimate of drug-likeness (QED) is 0.584. The maximum atomic E-state index is 12.3. The third-order valence-corrected chi connectivity index (χ3v) is 6.37. The maximum absolute atomic E-state index is 12.3. The van der Waals surface area contributed by atoms with Gasteiger partial charge in [0, 0.05) is 19.0 Å². The lowest BCUT2D eigenvalue weighted by Gasteiger charge is -2.05. The first-order valence-corrected chi connectivity index (χ1v) is 10.7. The van der Waals surface area contributed by atoms with Gasteiger partial charge in [-0.1, -0.05) is 53.4 Å². The van der Waals surface area contributed by atoms with Crippen molar-refractivity contribution in [2.24, 2.45) is 0 Å². The zero-order chi connectivity index (χ0) is 18.6. The van der Waals surface area contributed by atoms with Crippen molar-refractivity contribution in [3.05, 3.63) is 51.7 Å². The Morgan fingerprint density at radius 2 is 2.04 bits per heavy atom. The van der Waals surface area contributed by atoms with Crippen LogP contribution in [0.2, 0.25) is 0 Å². The van der Waals surface area contributed by atoms with Crippen LogP contribution in [-0.4, -0.2) is 30.9 Å². The SMILES string of the molecule is CCn1c(SCc2nnc(C(=O)NCc3ccccc3)s2)nnc1C1CC1. The van der Waals surface area contributed by atoms with Gasteiger partial charge in [0.05, 0.1) is 5.75 Å². The number of benzene rings is 1. The number of carbonyl (C=O) groups is 1. The molecule has 140 valence electrons. The number of nitrogens with zero attached hydrogens (tertiary/aromatic N) is 5. The second-order valence-electron chi connectivity index (χ2n) is 6.32. The highest BCUT2D eigenvalue weighted by Gasteiger charge is 2.30. The molecule has 0 bridgehead atoms. The summed E-state index contributed by atoms with van der Waals surface area (Å²) in [5, 5.41) is 21.8. The van der Waals surface area contributed by atoms with Gasteiger partial charge in [0.1, 0.15) is 10.8 Å². The Kier molecular flexibility index (Phi) is 5.49. The monoisotopic (exact) mass is 400 g/mol. The third kappa shape index (κ3) is 4.36. The number of hydrogen-bond donors (Lipinski definition) is 1. The number of rotatable bonds is 8. The molecule has 0 radical (unpaired) electrons. The molecule has 3 aromatic rings. The van der Waals surface area contributed by atoms with Gasteiger partial charge in [0.25, 0.3) is 5.91 Å². The minimum atomic E-state index is -0.194. The number of nitrogens with one attached hydrogen (secondary N) is 1. The van der Waals surface area contributed by atoms with E-state index in [9.17, 15) is 4.79 Å². The van der Waals surface area contributed by atoms with Crippen molar-refractivity contribution in [1.82, 2.24) is 30.3 Å². The van der Waals surface area contributed by atoms with Crippen molar-refractivity contribution < 1.29 is 4.79 Å². The van der Waals surface area contributed by atoms with E-state index in [0.29, 0.717) is 23.2 Å². The van der Waals surface area contributed by atoms with Crippen molar-refractivity contribution in [3.63, 3.8) is 0 Å². The Labute approximate surface area is 165 Å². The lowest BCUT2D eigenvalue weighted by atomic mass is 10.2. The average molecular weight is 401 g/mol. The second-order valence-corrected chi connectivity index (χ2v) is 8.32. The molecule has 9 heteroatoms. The van der Waals surface area contributed by atoms with Crippen LogP contribution in [0.3, 0.4) is 0 Å². The van der Waals surface area contributed by atoms with Crippen LogP contribution in [0.1, 0.15) is 51.9 Å². The fourth-order valence-corrected chi connectivity index (χ4v) is 4.48. The summed E-state index contributed by atoms with van der Waals surface area (Å²) in [4.78, 5) is 12.3. The Morgan fingerprint density at radius 3 is 2.78 bits per heavy atom. The van der Waals surface area contributed by atoms with E-state index in [1.165, 1.54) is 24.2 Å². The topological polar surface area (TPSA) is 85.6 Å². The maximum Gasteiger partial charge on any atom is 0.282 e. The Bertz CT molecular complexity index is 919. The van der Waals surface area contributed by atoms with E-state index in [2.05, 4.69) is 37.2 Å². The molecule has 1 aromatic carbocycles. The van der Waals surface area contributed by atoms with E-state index in [1.54, 1.807) is 11.8 Å². The van der Waals surface area contributed by atoms with Gasteiger partial charge < -0.3 is 9.88 Å². The first-order chi connectivity index (χ1) is 13.2. The van der Waals surface area contributed by atoms with Gasteiger partial charge in [-0.2, -0.15) is 0 Å². The molecule has 1 N–H and O–H groups in total. The second kappa shape index (κ2) is 8.18. The number of hydrogen-bond acceptors (Lipinski definition) is 7. The summed E-state index contributed by atoms with van der Waals surface area (Å²) in [6.45, 7) is 3.46. The van der Waals surface area contributed by atoms with E-state index in [4.69, 9.17) is 0 Å². The van der Waals surface area contributed by atoms with E-state index < -0.39 is 0 Å². The number of aromatic nitrogens is 5. The van der Waals surface area contributed by atoms with Crippen molar-refractivity contribution >= 4 is 29.0 Å². The van der Waals surface area contributed by atoms with Crippen LogP contribution < -0.4 is 5.32 Å². The molecular formula is C18H20N6OS2. The van der Waals surface area contributed by atoms with Crippen LogP contribution in [0.25, 0.3) is 0 Å². The minimum Gasteiger partial charge on any atom is -0.346 e. The predicted octanol–water partition coefficient (Wildman–Crippen LogP) is 3.25. The molecule has 0 saturated heterocycles. The molecule has 1 amide bonds. The third-order valence-electron chi connectivity index (χ3n) is 4.29. The number of carbonyl (C=O) groups excluding carboxylic acids is 1. The fourth-order valence-electron chi connectivity index (χ4n) is 2.73. The van der Waals surface area contributed by atoms with Crippen molar-refractivity contribution in [2.75, 3.05) is 0 Å². The van der Waals surface area contributed by atoms with Gasteiger partial charge in [-0.15, -0.1) is 20.4 Å².